The highest BCUT2D eigenvalue weighted by atomic mass is 32.2. The number of rotatable bonds is 8. The Bertz CT molecular complexity index is 957. The van der Waals surface area contributed by atoms with E-state index in [-0.39, 0.29) is 5.69 Å². The van der Waals surface area contributed by atoms with Crippen molar-refractivity contribution in [3.63, 3.8) is 0 Å². The van der Waals surface area contributed by atoms with E-state index in [1.807, 2.05) is 0 Å². The Kier molecular flexibility index (Phi) is 7.31. The number of benzene rings is 2. The number of sulfonamides is 1. The van der Waals surface area contributed by atoms with E-state index in [4.69, 9.17) is 4.74 Å². The quantitative estimate of drug-likeness (QED) is 0.687. The van der Waals surface area contributed by atoms with Crippen LogP contribution >= 0.6 is 0 Å². The summed E-state index contributed by atoms with van der Waals surface area (Å²) in [4.78, 5) is 12.1. The van der Waals surface area contributed by atoms with Crippen LogP contribution in [0.25, 0.3) is 0 Å². The predicted octanol–water partition coefficient (Wildman–Crippen LogP) is 3.73. The fourth-order valence-corrected chi connectivity index (χ4v) is 5.16. The van der Waals surface area contributed by atoms with Crippen molar-refractivity contribution in [3.8, 4) is 5.75 Å². The minimum Gasteiger partial charge on any atom is -0.497 e. The van der Waals surface area contributed by atoms with Gasteiger partial charge in [-0.1, -0.05) is 31.4 Å². The van der Waals surface area contributed by atoms with Crippen molar-refractivity contribution >= 4 is 21.6 Å². The van der Waals surface area contributed by atoms with E-state index in [2.05, 4.69) is 5.32 Å². The molecule has 0 saturated heterocycles. The zero-order valence-electron chi connectivity index (χ0n) is 17.0. The molecule has 8 heteroatoms. The molecule has 1 amide bonds. The molecule has 0 unspecified atom stereocenters. The average Bonchev–Trinajstić information content (AvgIpc) is 2.77. The Labute approximate surface area is 177 Å². The fraction of sp³-hybridized carbons (Fsp3) is 0.409. The standard InChI is InChI=1S/C22H27FN2O4S/c1-29-19-13-11-18(12-14-19)25(30(27,28)21-10-6-5-9-20(21)23)16-22(26)24-15-17-7-3-2-4-8-17/h5-6,9-14,17H,2-4,7-8,15-16H2,1H3,(H,24,26). The molecule has 0 heterocycles. The van der Waals surface area contributed by atoms with Gasteiger partial charge in [0.05, 0.1) is 12.8 Å². The van der Waals surface area contributed by atoms with E-state index in [9.17, 15) is 17.6 Å². The first-order chi connectivity index (χ1) is 14.4. The molecule has 1 N–H and O–H groups in total. The third-order valence-electron chi connectivity index (χ3n) is 5.36. The van der Waals surface area contributed by atoms with Crippen molar-refractivity contribution in [2.24, 2.45) is 5.92 Å². The fourth-order valence-electron chi connectivity index (χ4n) is 3.67. The number of carbonyl (C=O) groups excluding carboxylic acids is 1. The molecule has 1 aliphatic carbocycles. The van der Waals surface area contributed by atoms with E-state index < -0.39 is 33.2 Å². The molecule has 6 nitrogen and oxygen atoms in total. The molecule has 0 atom stereocenters. The lowest BCUT2D eigenvalue weighted by molar-refractivity contribution is -0.119. The molecule has 0 spiro atoms. The highest BCUT2D eigenvalue weighted by Gasteiger charge is 2.29. The second kappa shape index (κ2) is 9.93. The Morgan fingerprint density at radius 2 is 1.77 bits per heavy atom. The number of anilines is 1. The van der Waals surface area contributed by atoms with Crippen LogP contribution in [0.4, 0.5) is 10.1 Å². The highest BCUT2D eigenvalue weighted by molar-refractivity contribution is 7.92. The van der Waals surface area contributed by atoms with Crippen LogP contribution in [0.15, 0.2) is 53.4 Å². The van der Waals surface area contributed by atoms with Crippen LogP contribution in [-0.4, -0.2) is 34.5 Å². The normalized spacial score (nSPS) is 14.9. The molecule has 1 fully saturated rings. The molecule has 0 bridgehead atoms. The maximum atomic E-state index is 14.3. The van der Waals surface area contributed by atoms with Crippen molar-refractivity contribution in [2.75, 3.05) is 24.5 Å². The van der Waals surface area contributed by atoms with Crippen molar-refractivity contribution in [1.82, 2.24) is 5.32 Å². The van der Waals surface area contributed by atoms with Crippen LogP contribution in [0.5, 0.6) is 5.75 Å². The van der Waals surface area contributed by atoms with E-state index in [1.165, 1.54) is 43.9 Å². The number of halogens is 1. The molecule has 1 aliphatic rings. The van der Waals surface area contributed by atoms with Crippen molar-refractivity contribution in [3.05, 3.63) is 54.3 Å². The second-order valence-electron chi connectivity index (χ2n) is 7.45. The van der Waals surface area contributed by atoms with Gasteiger partial charge >= 0.3 is 0 Å². The predicted molar refractivity (Wildman–Crippen MR) is 114 cm³/mol. The van der Waals surface area contributed by atoms with Gasteiger partial charge in [0.15, 0.2) is 0 Å². The Hall–Kier alpha value is -2.61. The van der Waals surface area contributed by atoms with Gasteiger partial charge in [-0.15, -0.1) is 0 Å². The van der Waals surface area contributed by atoms with Crippen LogP contribution in [0.1, 0.15) is 32.1 Å². The smallest absolute Gasteiger partial charge is 0.267 e. The summed E-state index contributed by atoms with van der Waals surface area (Å²) < 4.78 is 46.8. The van der Waals surface area contributed by atoms with Gasteiger partial charge in [-0.3, -0.25) is 9.10 Å². The molecule has 3 rings (SSSR count). The van der Waals surface area contributed by atoms with Gasteiger partial charge in [0.2, 0.25) is 5.91 Å². The summed E-state index contributed by atoms with van der Waals surface area (Å²) in [6, 6.07) is 11.4. The number of methoxy groups -OCH3 is 1. The molecule has 1 saturated carbocycles. The molecule has 30 heavy (non-hydrogen) atoms. The number of hydrogen-bond acceptors (Lipinski definition) is 4. The zero-order valence-corrected chi connectivity index (χ0v) is 17.8. The van der Waals surface area contributed by atoms with Gasteiger partial charge in [0.25, 0.3) is 10.0 Å². The molecule has 2 aromatic carbocycles. The van der Waals surface area contributed by atoms with E-state index in [0.29, 0.717) is 18.2 Å². The Balaban J connectivity index is 1.83. The molecule has 162 valence electrons. The van der Waals surface area contributed by atoms with Crippen molar-refractivity contribution in [1.29, 1.82) is 0 Å². The summed E-state index contributed by atoms with van der Waals surface area (Å²) in [6.07, 6.45) is 5.66. The lowest BCUT2D eigenvalue weighted by atomic mass is 9.89. The number of carbonyl (C=O) groups is 1. The van der Waals surface area contributed by atoms with Gasteiger partial charge in [-0.05, 0) is 55.2 Å². The summed E-state index contributed by atoms with van der Waals surface area (Å²) in [6.45, 7) is 0.0880. The largest absolute Gasteiger partial charge is 0.497 e. The van der Waals surface area contributed by atoms with Gasteiger partial charge in [-0.25, -0.2) is 12.8 Å². The third-order valence-corrected chi connectivity index (χ3v) is 7.17. The van der Waals surface area contributed by atoms with Crippen LogP contribution in [0.3, 0.4) is 0 Å². The zero-order chi connectivity index (χ0) is 21.6. The van der Waals surface area contributed by atoms with Crippen molar-refractivity contribution in [2.45, 2.75) is 37.0 Å². The van der Waals surface area contributed by atoms with E-state index >= 15 is 0 Å². The minimum atomic E-state index is -4.29. The number of nitrogens with one attached hydrogen (secondary N) is 1. The minimum absolute atomic E-state index is 0.256. The number of nitrogens with zero attached hydrogens (tertiary/aromatic N) is 1. The number of amides is 1. The summed E-state index contributed by atoms with van der Waals surface area (Å²) in [5, 5.41) is 2.85. The molecular formula is C22H27FN2O4S. The molecular weight excluding hydrogens is 407 g/mol. The average molecular weight is 435 g/mol. The first-order valence-electron chi connectivity index (χ1n) is 10.1. The second-order valence-corrected chi connectivity index (χ2v) is 9.28. The Morgan fingerprint density at radius 1 is 1.10 bits per heavy atom. The highest BCUT2D eigenvalue weighted by Crippen LogP contribution is 2.27. The van der Waals surface area contributed by atoms with Crippen LogP contribution in [0, 0.1) is 11.7 Å². The summed E-state index contributed by atoms with van der Waals surface area (Å²) in [5.74, 6) is -0.320. The van der Waals surface area contributed by atoms with Crippen LogP contribution in [-0.2, 0) is 14.8 Å². The lowest BCUT2D eigenvalue weighted by Crippen LogP contribution is -2.42. The summed E-state index contributed by atoms with van der Waals surface area (Å²) in [7, 11) is -2.78. The number of hydrogen-bond donors (Lipinski definition) is 1. The van der Waals surface area contributed by atoms with Gasteiger partial charge in [0.1, 0.15) is 23.0 Å². The molecule has 0 aromatic heterocycles. The molecule has 0 radical (unpaired) electrons. The van der Waals surface area contributed by atoms with Gasteiger partial charge in [0, 0.05) is 6.54 Å². The SMILES string of the molecule is COc1ccc(N(CC(=O)NCC2CCCCC2)S(=O)(=O)c2ccccc2F)cc1. The van der Waals surface area contributed by atoms with E-state index in [0.717, 1.165) is 36.1 Å². The maximum absolute atomic E-state index is 14.3. The maximum Gasteiger partial charge on any atom is 0.267 e. The van der Waals surface area contributed by atoms with Crippen LogP contribution < -0.4 is 14.4 Å². The lowest BCUT2D eigenvalue weighted by Gasteiger charge is -2.26. The number of ether oxygens (including phenoxy) is 1. The van der Waals surface area contributed by atoms with Crippen LogP contribution in [0.2, 0.25) is 0 Å². The monoisotopic (exact) mass is 434 g/mol. The van der Waals surface area contributed by atoms with Gasteiger partial charge in [-0.2, -0.15) is 0 Å². The summed E-state index contributed by atoms with van der Waals surface area (Å²) in [5.41, 5.74) is 0.256. The van der Waals surface area contributed by atoms with Crippen molar-refractivity contribution < 1.29 is 22.3 Å². The third kappa shape index (κ3) is 5.30. The Morgan fingerprint density at radius 3 is 2.40 bits per heavy atom. The molecule has 0 aliphatic heterocycles. The first kappa shape index (κ1) is 22.1. The topological polar surface area (TPSA) is 75.7 Å². The van der Waals surface area contributed by atoms with E-state index in [1.54, 1.807) is 12.1 Å². The molecule has 2 aromatic rings. The van der Waals surface area contributed by atoms with Gasteiger partial charge < -0.3 is 10.1 Å². The first-order valence-corrected chi connectivity index (χ1v) is 11.5. The summed E-state index contributed by atoms with van der Waals surface area (Å²) >= 11 is 0.